The number of nitrogens with zero attached hydrogens (tertiary/aromatic N) is 2. The van der Waals surface area contributed by atoms with Crippen molar-refractivity contribution in [3.8, 4) is 5.88 Å². The van der Waals surface area contributed by atoms with Gasteiger partial charge in [0.15, 0.2) is 0 Å². The largest absolute Gasteiger partial charge is 0.481 e. The molecule has 0 aliphatic carbocycles. The lowest BCUT2D eigenvalue weighted by molar-refractivity contribution is -0.137. The summed E-state index contributed by atoms with van der Waals surface area (Å²) in [6, 6.07) is 0. The van der Waals surface area contributed by atoms with E-state index in [0.717, 1.165) is 0 Å². The standard InChI is InChI=1S/C9H12N2O3/c1-6(3-9(12)13)7-4-11-8(14-2)5-10-7/h4-6H,3H2,1-2H3,(H,12,13). The maximum atomic E-state index is 10.4. The van der Waals surface area contributed by atoms with Crippen LogP contribution in [0.15, 0.2) is 12.4 Å². The summed E-state index contributed by atoms with van der Waals surface area (Å²) < 4.78 is 4.84. The molecule has 1 N–H and O–H groups in total. The van der Waals surface area contributed by atoms with E-state index in [-0.39, 0.29) is 12.3 Å². The molecule has 0 aliphatic heterocycles. The fraction of sp³-hybridized carbons (Fsp3) is 0.444. The lowest BCUT2D eigenvalue weighted by atomic mass is 10.1. The van der Waals surface area contributed by atoms with Gasteiger partial charge in [-0.05, 0) is 0 Å². The van der Waals surface area contributed by atoms with E-state index in [4.69, 9.17) is 9.84 Å². The molecule has 5 nitrogen and oxygen atoms in total. The number of carbonyl (C=O) groups is 1. The lowest BCUT2D eigenvalue weighted by Crippen LogP contribution is -2.05. The van der Waals surface area contributed by atoms with Gasteiger partial charge in [0, 0.05) is 5.92 Å². The van der Waals surface area contributed by atoms with Crippen molar-refractivity contribution in [2.75, 3.05) is 7.11 Å². The molecule has 1 aromatic rings. The van der Waals surface area contributed by atoms with Crippen LogP contribution in [-0.4, -0.2) is 28.2 Å². The van der Waals surface area contributed by atoms with Crippen LogP contribution in [0.25, 0.3) is 0 Å². The molecule has 0 aliphatic rings. The van der Waals surface area contributed by atoms with Gasteiger partial charge >= 0.3 is 5.97 Å². The zero-order valence-electron chi connectivity index (χ0n) is 8.10. The zero-order valence-corrected chi connectivity index (χ0v) is 8.10. The smallest absolute Gasteiger partial charge is 0.304 e. The molecule has 0 aromatic carbocycles. The number of aromatic nitrogens is 2. The SMILES string of the molecule is COc1cnc(C(C)CC(=O)O)cn1. The van der Waals surface area contributed by atoms with Gasteiger partial charge in [0.05, 0.1) is 31.6 Å². The summed E-state index contributed by atoms with van der Waals surface area (Å²) in [6.45, 7) is 1.80. The monoisotopic (exact) mass is 196 g/mol. The highest BCUT2D eigenvalue weighted by Gasteiger charge is 2.11. The molecule has 0 radical (unpaired) electrons. The van der Waals surface area contributed by atoms with Gasteiger partial charge in [0.25, 0.3) is 0 Å². The molecule has 5 heteroatoms. The molecular formula is C9H12N2O3. The Bertz CT molecular complexity index is 310. The van der Waals surface area contributed by atoms with Crippen molar-refractivity contribution in [3.63, 3.8) is 0 Å². The quantitative estimate of drug-likeness (QED) is 0.779. The van der Waals surface area contributed by atoms with Crippen molar-refractivity contribution in [1.82, 2.24) is 9.97 Å². The molecule has 1 rings (SSSR count). The first-order chi connectivity index (χ1) is 6.63. The molecule has 0 spiro atoms. The Balaban J connectivity index is 2.71. The summed E-state index contributed by atoms with van der Waals surface area (Å²) in [5.41, 5.74) is 0.660. The van der Waals surface area contributed by atoms with Crippen molar-refractivity contribution in [2.45, 2.75) is 19.3 Å². The molecule has 1 unspecified atom stereocenters. The number of hydrogen-bond acceptors (Lipinski definition) is 4. The number of rotatable bonds is 4. The van der Waals surface area contributed by atoms with Crippen molar-refractivity contribution in [2.24, 2.45) is 0 Å². The molecule has 0 amide bonds. The summed E-state index contributed by atoms with van der Waals surface area (Å²) in [5.74, 6) is -0.544. The third kappa shape index (κ3) is 2.69. The van der Waals surface area contributed by atoms with Crippen molar-refractivity contribution in [3.05, 3.63) is 18.1 Å². The molecular weight excluding hydrogens is 184 g/mol. The minimum atomic E-state index is -0.838. The first-order valence-corrected chi connectivity index (χ1v) is 4.21. The van der Waals surface area contributed by atoms with Crippen LogP contribution in [0.1, 0.15) is 25.0 Å². The van der Waals surface area contributed by atoms with Crippen molar-refractivity contribution in [1.29, 1.82) is 0 Å². The maximum Gasteiger partial charge on any atom is 0.304 e. The van der Waals surface area contributed by atoms with Crippen LogP contribution < -0.4 is 4.74 Å². The van der Waals surface area contributed by atoms with Crippen molar-refractivity contribution >= 4 is 5.97 Å². The van der Waals surface area contributed by atoms with Crippen LogP contribution in [0.4, 0.5) is 0 Å². The lowest BCUT2D eigenvalue weighted by Gasteiger charge is -2.07. The van der Waals surface area contributed by atoms with E-state index in [0.29, 0.717) is 11.6 Å². The Morgan fingerprint density at radius 2 is 2.29 bits per heavy atom. The van der Waals surface area contributed by atoms with Gasteiger partial charge in [-0.25, -0.2) is 4.98 Å². The van der Waals surface area contributed by atoms with E-state index < -0.39 is 5.97 Å². The Morgan fingerprint density at radius 1 is 1.57 bits per heavy atom. The summed E-state index contributed by atoms with van der Waals surface area (Å²) in [7, 11) is 1.50. The summed E-state index contributed by atoms with van der Waals surface area (Å²) in [6.07, 6.45) is 3.07. The third-order valence-electron chi connectivity index (χ3n) is 1.84. The van der Waals surface area contributed by atoms with Gasteiger partial charge < -0.3 is 9.84 Å². The molecule has 14 heavy (non-hydrogen) atoms. The summed E-state index contributed by atoms with van der Waals surface area (Å²) in [4.78, 5) is 18.4. The zero-order chi connectivity index (χ0) is 10.6. The van der Waals surface area contributed by atoms with Gasteiger partial charge in [-0.3, -0.25) is 9.78 Å². The third-order valence-corrected chi connectivity index (χ3v) is 1.84. The first kappa shape index (κ1) is 10.4. The predicted molar refractivity (Wildman–Crippen MR) is 49.3 cm³/mol. The number of carboxylic acids is 1. The number of methoxy groups -OCH3 is 1. The highest BCUT2D eigenvalue weighted by atomic mass is 16.5. The van der Waals surface area contributed by atoms with Gasteiger partial charge in [-0.1, -0.05) is 6.92 Å². The van der Waals surface area contributed by atoms with E-state index in [2.05, 4.69) is 9.97 Å². The van der Waals surface area contributed by atoms with Crippen LogP contribution in [0.5, 0.6) is 5.88 Å². The number of hydrogen-bond donors (Lipinski definition) is 1. The predicted octanol–water partition coefficient (Wildman–Crippen LogP) is 1.06. The molecule has 76 valence electrons. The fourth-order valence-electron chi connectivity index (χ4n) is 1.05. The molecule has 1 atom stereocenters. The average molecular weight is 196 g/mol. The Hall–Kier alpha value is -1.65. The summed E-state index contributed by atoms with van der Waals surface area (Å²) in [5, 5.41) is 8.57. The second kappa shape index (κ2) is 4.55. The highest BCUT2D eigenvalue weighted by Crippen LogP contribution is 2.16. The fourth-order valence-corrected chi connectivity index (χ4v) is 1.05. The number of aliphatic carboxylic acids is 1. The van der Waals surface area contributed by atoms with Crippen molar-refractivity contribution < 1.29 is 14.6 Å². The van der Waals surface area contributed by atoms with Gasteiger partial charge in [-0.15, -0.1) is 0 Å². The van der Waals surface area contributed by atoms with Gasteiger partial charge in [-0.2, -0.15) is 0 Å². The van der Waals surface area contributed by atoms with Crippen LogP contribution in [-0.2, 0) is 4.79 Å². The topological polar surface area (TPSA) is 72.3 Å². The van der Waals surface area contributed by atoms with E-state index >= 15 is 0 Å². The molecule has 0 fully saturated rings. The van der Waals surface area contributed by atoms with E-state index in [9.17, 15) is 4.79 Å². The van der Waals surface area contributed by atoms with Gasteiger partial charge in [0.1, 0.15) is 0 Å². The second-order valence-electron chi connectivity index (χ2n) is 2.98. The second-order valence-corrected chi connectivity index (χ2v) is 2.98. The molecule has 0 saturated carbocycles. The molecule has 1 heterocycles. The van der Waals surface area contributed by atoms with Crippen LogP contribution in [0.2, 0.25) is 0 Å². The van der Waals surface area contributed by atoms with Gasteiger partial charge in [0.2, 0.25) is 5.88 Å². The number of ether oxygens (including phenoxy) is 1. The van der Waals surface area contributed by atoms with Crippen LogP contribution in [0, 0.1) is 0 Å². The van der Waals surface area contributed by atoms with E-state index in [1.165, 1.54) is 19.5 Å². The first-order valence-electron chi connectivity index (χ1n) is 4.21. The minimum absolute atomic E-state index is 0.0566. The average Bonchev–Trinajstić information content (AvgIpc) is 2.17. The van der Waals surface area contributed by atoms with E-state index in [1.54, 1.807) is 6.92 Å². The molecule has 0 saturated heterocycles. The van der Waals surface area contributed by atoms with Crippen LogP contribution >= 0.6 is 0 Å². The van der Waals surface area contributed by atoms with Crippen LogP contribution in [0.3, 0.4) is 0 Å². The Kier molecular flexibility index (Phi) is 3.39. The normalized spacial score (nSPS) is 12.1. The molecule has 0 bridgehead atoms. The number of carboxylic acid groups (broad SMARTS) is 1. The maximum absolute atomic E-state index is 10.4. The Morgan fingerprint density at radius 3 is 2.71 bits per heavy atom. The summed E-state index contributed by atoms with van der Waals surface area (Å²) >= 11 is 0. The highest BCUT2D eigenvalue weighted by molar-refractivity contribution is 5.67. The van der Waals surface area contributed by atoms with E-state index in [1.807, 2.05) is 0 Å². The molecule has 1 aromatic heterocycles. The Labute approximate surface area is 81.8 Å². The minimum Gasteiger partial charge on any atom is -0.481 e.